The van der Waals surface area contributed by atoms with Crippen molar-refractivity contribution in [1.29, 1.82) is 0 Å². The van der Waals surface area contributed by atoms with Crippen molar-refractivity contribution in [3.63, 3.8) is 0 Å². The summed E-state index contributed by atoms with van der Waals surface area (Å²) in [4.78, 5) is 0. The Balaban J connectivity index is 3.12. The summed E-state index contributed by atoms with van der Waals surface area (Å²) >= 11 is 0. The number of benzene rings is 1. The average Bonchev–Trinajstić information content (AvgIpc) is 2.18. The van der Waals surface area contributed by atoms with Gasteiger partial charge < -0.3 is 0 Å². The van der Waals surface area contributed by atoms with Crippen molar-refractivity contribution in [3.8, 4) is 0 Å². The first kappa shape index (κ1) is 10.0. The molecule has 0 aromatic heterocycles. The molecule has 13 heavy (non-hydrogen) atoms. The molecule has 0 heteroatoms. The highest BCUT2D eigenvalue weighted by atomic mass is 14.1. The molecule has 0 N–H and O–H groups in total. The third-order valence-electron chi connectivity index (χ3n) is 2.45. The van der Waals surface area contributed by atoms with Crippen molar-refractivity contribution in [2.45, 2.75) is 33.1 Å². The minimum Gasteiger partial charge on any atom is -0.0801 e. The van der Waals surface area contributed by atoms with Crippen molar-refractivity contribution in [2.24, 2.45) is 0 Å². The fraction of sp³-hybridized carbons (Fsp3) is 0.385. The standard InChI is InChI=1S/C13H17/c1-4-8-13-11(5-2)9-7-10-12(13)6-3/h1,4,7,9-10H,5-6,8H2,2-3H3. The monoisotopic (exact) mass is 173 g/mol. The lowest BCUT2D eigenvalue weighted by atomic mass is 9.95. The number of allylic oxidation sites excluding steroid dienone is 1. The molecule has 0 heterocycles. The fourth-order valence-electron chi connectivity index (χ4n) is 1.73. The van der Waals surface area contributed by atoms with E-state index in [1.54, 1.807) is 6.08 Å². The molecule has 0 spiro atoms. The van der Waals surface area contributed by atoms with Crippen LogP contribution in [0.2, 0.25) is 0 Å². The van der Waals surface area contributed by atoms with Crippen LogP contribution in [-0.4, -0.2) is 0 Å². The lowest BCUT2D eigenvalue weighted by Gasteiger charge is -2.10. The lowest BCUT2D eigenvalue weighted by molar-refractivity contribution is 1.01. The molecule has 1 rings (SSSR count). The summed E-state index contributed by atoms with van der Waals surface area (Å²) in [6.07, 6.45) is 4.83. The minimum absolute atomic E-state index is 0.896. The van der Waals surface area contributed by atoms with Gasteiger partial charge in [0.2, 0.25) is 0 Å². The summed E-state index contributed by atoms with van der Waals surface area (Å²) in [5.74, 6) is 0. The molecule has 0 unspecified atom stereocenters. The zero-order valence-electron chi connectivity index (χ0n) is 8.51. The average molecular weight is 173 g/mol. The molecule has 0 aliphatic heterocycles. The second kappa shape index (κ2) is 4.86. The molecule has 0 atom stereocenters. The van der Waals surface area contributed by atoms with Gasteiger partial charge >= 0.3 is 0 Å². The molecule has 0 saturated heterocycles. The SMILES string of the molecule is [CH]=CCc1c(CC)cccc1CC. The van der Waals surface area contributed by atoms with Crippen molar-refractivity contribution < 1.29 is 0 Å². The molecule has 0 aliphatic rings. The quantitative estimate of drug-likeness (QED) is 0.655. The molecule has 1 aromatic carbocycles. The number of rotatable bonds is 4. The van der Waals surface area contributed by atoms with Crippen molar-refractivity contribution in [1.82, 2.24) is 0 Å². The Hall–Kier alpha value is -1.04. The topological polar surface area (TPSA) is 0 Å². The maximum absolute atomic E-state index is 5.48. The van der Waals surface area contributed by atoms with Gasteiger partial charge in [-0.05, 0) is 36.0 Å². The van der Waals surface area contributed by atoms with Gasteiger partial charge in [0.25, 0.3) is 0 Å². The van der Waals surface area contributed by atoms with Crippen LogP contribution in [0.3, 0.4) is 0 Å². The van der Waals surface area contributed by atoms with Crippen LogP contribution in [0.15, 0.2) is 24.3 Å². The Morgan fingerprint density at radius 2 is 1.69 bits per heavy atom. The Bertz CT molecular complexity index is 262. The van der Waals surface area contributed by atoms with E-state index in [0.717, 1.165) is 19.3 Å². The summed E-state index contributed by atoms with van der Waals surface area (Å²) < 4.78 is 0. The van der Waals surface area contributed by atoms with Crippen LogP contribution in [0, 0.1) is 6.58 Å². The maximum Gasteiger partial charge on any atom is -0.00889 e. The highest BCUT2D eigenvalue weighted by Gasteiger charge is 2.03. The molecule has 0 nitrogen and oxygen atoms in total. The molecule has 1 aromatic rings. The first-order valence-electron chi connectivity index (χ1n) is 4.96. The summed E-state index contributed by atoms with van der Waals surface area (Å²) in [6.45, 7) is 9.86. The van der Waals surface area contributed by atoms with E-state index in [0.29, 0.717) is 0 Å². The Kier molecular flexibility index (Phi) is 3.75. The highest BCUT2D eigenvalue weighted by molar-refractivity contribution is 5.36. The number of hydrogen-bond donors (Lipinski definition) is 0. The molecule has 0 aliphatic carbocycles. The van der Waals surface area contributed by atoms with E-state index in [-0.39, 0.29) is 0 Å². The Labute approximate surface area is 81.3 Å². The normalized spacial score (nSPS) is 10.0. The zero-order chi connectivity index (χ0) is 9.68. The minimum atomic E-state index is 0.896. The predicted molar refractivity (Wildman–Crippen MR) is 57.8 cm³/mol. The first-order chi connectivity index (χ1) is 6.33. The molecule has 69 valence electrons. The van der Waals surface area contributed by atoms with E-state index in [2.05, 4.69) is 32.0 Å². The van der Waals surface area contributed by atoms with Crippen LogP contribution >= 0.6 is 0 Å². The Morgan fingerprint density at radius 3 is 2.08 bits per heavy atom. The van der Waals surface area contributed by atoms with Crippen LogP contribution in [-0.2, 0) is 19.3 Å². The molecule has 0 saturated carbocycles. The molecule has 0 amide bonds. The lowest BCUT2D eigenvalue weighted by Crippen LogP contribution is -1.97. The smallest absolute Gasteiger partial charge is 0.00889 e. The summed E-state index contributed by atoms with van der Waals surface area (Å²) in [5, 5.41) is 0. The second-order valence-electron chi connectivity index (χ2n) is 3.20. The largest absolute Gasteiger partial charge is 0.0801 e. The van der Waals surface area contributed by atoms with Crippen molar-refractivity contribution >= 4 is 0 Å². The van der Waals surface area contributed by atoms with Crippen molar-refractivity contribution in [2.75, 3.05) is 0 Å². The van der Waals surface area contributed by atoms with Crippen LogP contribution < -0.4 is 0 Å². The van der Waals surface area contributed by atoms with Gasteiger partial charge in [-0.15, -0.1) is 0 Å². The van der Waals surface area contributed by atoms with Gasteiger partial charge in [0.1, 0.15) is 0 Å². The third kappa shape index (κ3) is 2.21. The van der Waals surface area contributed by atoms with E-state index < -0.39 is 0 Å². The molecule has 1 radical (unpaired) electrons. The van der Waals surface area contributed by atoms with Gasteiger partial charge in [0.05, 0.1) is 0 Å². The zero-order valence-corrected chi connectivity index (χ0v) is 8.51. The van der Waals surface area contributed by atoms with Crippen LogP contribution in [0.4, 0.5) is 0 Å². The van der Waals surface area contributed by atoms with Gasteiger partial charge in [-0.2, -0.15) is 0 Å². The summed E-state index contributed by atoms with van der Waals surface area (Å²) in [5.41, 5.74) is 4.29. The van der Waals surface area contributed by atoms with E-state index in [1.807, 2.05) is 0 Å². The van der Waals surface area contributed by atoms with Gasteiger partial charge in [-0.1, -0.05) is 44.7 Å². The maximum atomic E-state index is 5.48. The predicted octanol–water partition coefficient (Wildman–Crippen LogP) is 3.34. The fourth-order valence-corrected chi connectivity index (χ4v) is 1.73. The first-order valence-corrected chi connectivity index (χ1v) is 4.96. The van der Waals surface area contributed by atoms with E-state index in [9.17, 15) is 0 Å². The Morgan fingerprint density at radius 1 is 1.15 bits per heavy atom. The van der Waals surface area contributed by atoms with E-state index in [1.165, 1.54) is 16.7 Å². The van der Waals surface area contributed by atoms with Crippen LogP contribution in [0.1, 0.15) is 30.5 Å². The molecule has 0 fully saturated rings. The van der Waals surface area contributed by atoms with Crippen LogP contribution in [0.5, 0.6) is 0 Å². The molecular weight excluding hydrogens is 156 g/mol. The number of aryl methyl sites for hydroxylation is 2. The highest BCUT2D eigenvalue weighted by Crippen LogP contribution is 2.17. The van der Waals surface area contributed by atoms with Gasteiger partial charge in [-0.25, -0.2) is 0 Å². The van der Waals surface area contributed by atoms with E-state index in [4.69, 9.17) is 6.58 Å². The van der Waals surface area contributed by atoms with Crippen molar-refractivity contribution in [3.05, 3.63) is 47.5 Å². The van der Waals surface area contributed by atoms with E-state index >= 15 is 0 Å². The molecular formula is C13H17. The van der Waals surface area contributed by atoms with Crippen LogP contribution in [0.25, 0.3) is 0 Å². The number of hydrogen-bond acceptors (Lipinski definition) is 0. The third-order valence-corrected chi connectivity index (χ3v) is 2.45. The summed E-state index contributed by atoms with van der Waals surface area (Å²) in [7, 11) is 0. The second-order valence-corrected chi connectivity index (χ2v) is 3.20. The summed E-state index contributed by atoms with van der Waals surface area (Å²) in [6, 6.07) is 6.52. The van der Waals surface area contributed by atoms with Gasteiger partial charge in [-0.3, -0.25) is 0 Å². The van der Waals surface area contributed by atoms with Gasteiger partial charge in [0, 0.05) is 0 Å². The van der Waals surface area contributed by atoms with Gasteiger partial charge in [0.15, 0.2) is 0 Å². The molecule has 0 bridgehead atoms.